The molecule has 0 amide bonds. The van der Waals surface area contributed by atoms with Crippen molar-refractivity contribution in [1.29, 1.82) is 0 Å². The lowest BCUT2D eigenvalue weighted by Gasteiger charge is -2.25. The van der Waals surface area contributed by atoms with E-state index in [0.717, 1.165) is 44.8 Å². The zero-order valence-corrected chi connectivity index (χ0v) is 15.2. The first-order valence-corrected chi connectivity index (χ1v) is 9.13. The molecule has 0 heterocycles. The maximum atomic E-state index is 11.2. The summed E-state index contributed by atoms with van der Waals surface area (Å²) in [6.07, 6.45) is 5.42. The van der Waals surface area contributed by atoms with E-state index in [1.54, 1.807) is 0 Å². The van der Waals surface area contributed by atoms with Crippen LogP contribution >= 0.6 is 0 Å². The van der Waals surface area contributed by atoms with E-state index >= 15 is 0 Å². The first kappa shape index (κ1) is 22.5. The number of unbranched alkanes of at least 4 members (excludes halogenated alkanes) is 3. The van der Waals surface area contributed by atoms with Gasteiger partial charge in [0, 0.05) is 26.2 Å². The average molecular weight is 332 g/mol. The van der Waals surface area contributed by atoms with Gasteiger partial charge in [0.2, 0.25) is 0 Å². The van der Waals surface area contributed by atoms with E-state index in [0.29, 0.717) is 26.2 Å². The second-order valence-corrected chi connectivity index (χ2v) is 5.89. The normalized spacial score (nSPS) is 15.3. The van der Waals surface area contributed by atoms with Gasteiger partial charge in [-0.2, -0.15) is 0 Å². The lowest BCUT2D eigenvalue weighted by atomic mass is 10.1. The van der Waals surface area contributed by atoms with Gasteiger partial charge in [-0.15, -0.1) is 0 Å². The number of hydrogen-bond donors (Lipinski definition) is 1. The third kappa shape index (κ3) is 12.6. The van der Waals surface area contributed by atoms with Crippen LogP contribution in [0.5, 0.6) is 0 Å². The van der Waals surface area contributed by atoms with Crippen LogP contribution in [0.25, 0.3) is 0 Å². The number of aliphatic hydroxyl groups excluding tert-OH is 1. The molecule has 0 saturated carbocycles. The van der Waals surface area contributed by atoms with Crippen LogP contribution in [0.15, 0.2) is 0 Å². The number of carbonyl (C=O) groups excluding carboxylic acids is 1. The van der Waals surface area contributed by atoms with E-state index in [1.807, 2.05) is 0 Å². The predicted octanol–water partition coefficient (Wildman–Crippen LogP) is 3.12. The molecule has 0 rings (SSSR count). The summed E-state index contributed by atoms with van der Waals surface area (Å²) in [5.74, 6) is 0. The van der Waals surface area contributed by atoms with Crippen LogP contribution < -0.4 is 0 Å². The summed E-state index contributed by atoms with van der Waals surface area (Å²) in [7, 11) is 0. The van der Waals surface area contributed by atoms with Crippen molar-refractivity contribution in [1.82, 2.24) is 0 Å². The predicted molar refractivity (Wildman–Crippen MR) is 91.7 cm³/mol. The monoisotopic (exact) mass is 332 g/mol. The second kappa shape index (κ2) is 16.4. The molecule has 23 heavy (non-hydrogen) atoms. The van der Waals surface area contributed by atoms with E-state index in [9.17, 15) is 9.90 Å². The Morgan fingerprint density at radius 2 is 1.48 bits per heavy atom. The van der Waals surface area contributed by atoms with Gasteiger partial charge in [-0.25, -0.2) is 0 Å². The summed E-state index contributed by atoms with van der Waals surface area (Å²) < 4.78 is 16.8. The number of hydrogen-bond acceptors (Lipinski definition) is 5. The molecule has 138 valence electrons. The summed E-state index contributed by atoms with van der Waals surface area (Å²) in [6.45, 7) is 8.27. The van der Waals surface area contributed by atoms with Crippen molar-refractivity contribution in [3.05, 3.63) is 0 Å². The van der Waals surface area contributed by atoms with Crippen molar-refractivity contribution in [3.8, 4) is 0 Å². The Hall–Kier alpha value is -0.490. The van der Waals surface area contributed by atoms with Gasteiger partial charge in [0.1, 0.15) is 18.5 Å². The molecule has 0 fully saturated rings. The number of carbonyl (C=O) groups is 1. The number of ether oxygens (including phenoxy) is 3. The fourth-order valence-electron chi connectivity index (χ4n) is 2.04. The fourth-order valence-corrected chi connectivity index (χ4v) is 2.04. The van der Waals surface area contributed by atoms with Gasteiger partial charge in [0.05, 0.1) is 12.7 Å². The van der Waals surface area contributed by atoms with Crippen molar-refractivity contribution in [2.75, 3.05) is 26.4 Å². The molecule has 0 aliphatic rings. The first-order valence-electron chi connectivity index (χ1n) is 9.13. The summed E-state index contributed by atoms with van der Waals surface area (Å²) in [5.41, 5.74) is 0. The van der Waals surface area contributed by atoms with Gasteiger partial charge >= 0.3 is 0 Å². The maximum absolute atomic E-state index is 11.2. The molecule has 0 bridgehead atoms. The standard InChI is InChI=1S/C18H36O5/c1-4-7-10-21-15-17(20)18(23-12-9-6-3)13-16(14-19)22-11-8-5-2/h14,16-18,20H,4-13,15H2,1-3H3. The minimum Gasteiger partial charge on any atom is -0.388 e. The summed E-state index contributed by atoms with van der Waals surface area (Å²) >= 11 is 0. The lowest BCUT2D eigenvalue weighted by molar-refractivity contribution is -0.126. The molecule has 5 heteroatoms. The van der Waals surface area contributed by atoms with Crippen molar-refractivity contribution in [2.24, 2.45) is 0 Å². The third-order valence-electron chi connectivity index (χ3n) is 3.64. The van der Waals surface area contributed by atoms with E-state index < -0.39 is 18.3 Å². The van der Waals surface area contributed by atoms with Gasteiger partial charge in [-0.05, 0) is 19.3 Å². The minimum absolute atomic E-state index is 0.233. The van der Waals surface area contributed by atoms with E-state index in [1.165, 1.54) is 0 Å². The molecule has 0 aromatic rings. The molecule has 5 nitrogen and oxygen atoms in total. The van der Waals surface area contributed by atoms with Crippen molar-refractivity contribution in [3.63, 3.8) is 0 Å². The van der Waals surface area contributed by atoms with Gasteiger partial charge in [-0.3, -0.25) is 0 Å². The maximum Gasteiger partial charge on any atom is 0.148 e. The van der Waals surface area contributed by atoms with Crippen LogP contribution in [0.2, 0.25) is 0 Å². The van der Waals surface area contributed by atoms with Gasteiger partial charge in [0.25, 0.3) is 0 Å². The summed E-state index contributed by atoms with van der Waals surface area (Å²) in [4.78, 5) is 11.2. The van der Waals surface area contributed by atoms with Gasteiger partial charge < -0.3 is 24.1 Å². The Morgan fingerprint density at radius 3 is 2.04 bits per heavy atom. The average Bonchev–Trinajstić information content (AvgIpc) is 2.56. The highest BCUT2D eigenvalue weighted by molar-refractivity contribution is 5.56. The summed E-state index contributed by atoms with van der Waals surface area (Å²) in [6, 6.07) is 0. The van der Waals surface area contributed by atoms with Crippen LogP contribution in [0.4, 0.5) is 0 Å². The Morgan fingerprint density at radius 1 is 0.913 bits per heavy atom. The molecule has 0 aromatic heterocycles. The highest BCUT2D eigenvalue weighted by atomic mass is 16.5. The smallest absolute Gasteiger partial charge is 0.148 e. The Labute approximate surface area is 141 Å². The minimum atomic E-state index is -0.735. The van der Waals surface area contributed by atoms with E-state index in [4.69, 9.17) is 14.2 Å². The lowest BCUT2D eigenvalue weighted by Crippen LogP contribution is -2.37. The zero-order valence-electron chi connectivity index (χ0n) is 15.2. The van der Waals surface area contributed by atoms with Gasteiger partial charge in [-0.1, -0.05) is 40.0 Å². The van der Waals surface area contributed by atoms with E-state index in [2.05, 4.69) is 20.8 Å². The first-order chi connectivity index (χ1) is 11.2. The van der Waals surface area contributed by atoms with Crippen LogP contribution in [-0.2, 0) is 19.0 Å². The third-order valence-corrected chi connectivity index (χ3v) is 3.64. The topological polar surface area (TPSA) is 65.0 Å². The molecule has 0 saturated heterocycles. The second-order valence-electron chi connectivity index (χ2n) is 5.89. The molecule has 3 atom stereocenters. The molecular formula is C18H36O5. The van der Waals surface area contributed by atoms with Gasteiger partial charge in [0.15, 0.2) is 0 Å². The van der Waals surface area contributed by atoms with Crippen LogP contribution in [-0.4, -0.2) is 56.1 Å². The van der Waals surface area contributed by atoms with Crippen LogP contribution in [0.1, 0.15) is 65.7 Å². The molecular weight excluding hydrogens is 296 g/mol. The quantitative estimate of drug-likeness (QED) is 0.327. The Kier molecular flexibility index (Phi) is 16.0. The van der Waals surface area contributed by atoms with E-state index in [-0.39, 0.29) is 6.61 Å². The molecule has 0 spiro atoms. The summed E-state index contributed by atoms with van der Waals surface area (Å²) in [5, 5.41) is 10.3. The molecule has 1 N–H and O–H groups in total. The number of aliphatic hydroxyl groups is 1. The number of rotatable bonds is 17. The largest absolute Gasteiger partial charge is 0.388 e. The molecule has 0 aromatic carbocycles. The Bertz CT molecular complexity index is 260. The highest BCUT2D eigenvalue weighted by Gasteiger charge is 2.24. The van der Waals surface area contributed by atoms with Crippen molar-refractivity contribution in [2.45, 2.75) is 84.0 Å². The SMILES string of the molecule is CCCCOCC(O)C(CC(C=O)OCCCC)OCCCC. The van der Waals surface area contributed by atoms with Crippen molar-refractivity contribution >= 4 is 6.29 Å². The molecule has 3 unspecified atom stereocenters. The molecule has 0 aliphatic heterocycles. The highest BCUT2D eigenvalue weighted by Crippen LogP contribution is 2.12. The Balaban J connectivity index is 4.35. The van der Waals surface area contributed by atoms with Crippen LogP contribution in [0, 0.1) is 0 Å². The molecule has 0 aliphatic carbocycles. The number of aldehydes is 1. The molecule has 0 radical (unpaired) electrons. The zero-order chi connectivity index (χ0) is 17.3. The fraction of sp³-hybridized carbons (Fsp3) is 0.944. The van der Waals surface area contributed by atoms with Crippen molar-refractivity contribution < 1.29 is 24.1 Å². The van der Waals surface area contributed by atoms with Crippen LogP contribution in [0.3, 0.4) is 0 Å².